The summed E-state index contributed by atoms with van der Waals surface area (Å²) in [5.74, 6) is 0.452. The maximum absolute atomic E-state index is 12.1. The Morgan fingerprint density at radius 1 is 0.633 bits per heavy atom. The number of rotatable bonds is 16. The molecule has 4 N–H and O–H groups in total. The predicted molar refractivity (Wildman–Crippen MR) is 194 cm³/mol. The van der Waals surface area contributed by atoms with E-state index in [4.69, 9.17) is 15.2 Å². The fraction of sp³-hybridized carbons (Fsp3) is 0.186. The molecular formula is C43H42N2O4. The average Bonchev–Trinajstić information content (AvgIpc) is 3.68. The van der Waals surface area contributed by atoms with Crippen LogP contribution in [0.5, 0.6) is 11.5 Å². The quantitative estimate of drug-likeness (QED) is 0.0983. The lowest BCUT2D eigenvalue weighted by Crippen LogP contribution is -2.27. The van der Waals surface area contributed by atoms with Crippen molar-refractivity contribution in [3.05, 3.63) is 191 Å². The summed E-state index contributed by atoms with van der Waals surface area (Å²) in [6, 6.07) is 48.3. The van der Waals surface area contributed by atoms with Crippen molar-refractivity contribution in [2.75, 3.05) is 6.61 Å². The first-order chi connectivity index (χ1) is 24.1. The van der Waals surface area contributed by atoms with E-state index in [-0.39, 0.29) is 24.4 Å². The summed E-state index contributed by atoms with van der Waals surface area (Å²) in [6.07, 6.45) is 3.30. The van der Waals surface area contributed by atoms with Gasteiger partial charge < -0.3 is 25.3 Å². The topological polar surface area (TPSA) is 97.6 Å². The van der Waals surface area contributed by atoms with Crippen LogP contribution >= 0.6 is 0 Å². The number of primary amides is 1. The third-order valence-corrected chi connectivity index (χ3v) is 9.04. The number of hydrogen-bond acceptors (Lipinski definition) is 4. The number of hydrogen-bond donors (Lipinski definition) is 3. The van der Waals surface area contributed by atoms with Crippen LogP contribution < -0.4 is 15.2 Å². The van der Waals surface area contributed by atoms with Gasteiger partial charge in [-0.15, -0.1) is 0 Å². The molecule has 0 aliphatic heterocycles. The van der Waals surface area contributed by atoms with Crippen LogP contribution in [0.15, 0.2) is 152 Å². The number of ether oxygens (including phenoxy) is 2. The summed E-state index contributed by atoms with van der Waals surface area (Å²) >= 11 is 0. The Bertz CT molecular complexity index is 1890. The van der Waals surface area contributed by atoms with E-state index in [0.717, 1.165) is 34.4 Å². The minimum absolute atomic E-state index is 0.0176. The van der Waals surface area contributed by atoms with E-state index in [9.17, 15) is 9.90 Å². The number of aromatic nitrogens is 1. The van der Waals surface area contributed by atoms with Crippen LogP contribution in [0.4, 0.5) is 0 Å². The number of carbonyl (C=O) groups is 1. The maximum Gasteiger partial charge on any atom is 0.248 e. The van der Waals surface area contributed by atoms with Crippen molar-refractivity contribution in [1.29, 1.82) is 0 Å². The highest BCUT2D eigenvalue weighted by atomic mass is 16.5. The minimum Gasteiger partial charge on any atom is -0.485 e. The van der Waals surface area contributed by atoms with Gasteiger partial charge in [0.15, 0.2) is 11.5 Å². The zero-order valence-corrected chi connectivity index (χ0v) is 27.5. The first-order valence-corrected chi connectivity index (χ1v) is 16.7. The van der Waals surface area contributed by atoms with Crippen molar-refractivity contribution in [3.8, 4) is 11.5 Å². The van der Waals surface area contributed by atoms with Crippen LogP contribution in [0.25, 0.3) is 0 Å². The molecule has 0 aliphatic carbocycles. The van der Waals surface area contributed by atoms with E-state index in [1.54, 1.807) is 6.07 Å². The van der Waals surface area contributed by atoms with Gasteiger partial charge in [0, 0.05) is 23.4 Å². The highest BCUT2D eigenvalue weighted by Crippen LogP contribution is 2.44. The molecule has 5 aromatic carbocycles. The first-order valence-electron chi connectivity index (χ1n) is 16.7. The highest BCUT2D eigenvalue weighted by molar-refractivity contribution is 5.92. The van der Waals surface area contributed by atoms with Crippen LogP contribution in [0.1, 0.15) is 55.7 Å². The molecule has 6 rings (SSSR count). The number of H-pyrrole nitrogens is 1. The summed E-state index contributed by atoms with van der Waals surface area (Å²) in [4.78, 5) is 15.5. The van der Waals surface area contributed by atoms with E-state index >= 15 is 0 Å². The number of aliphatic hydroxyl groups is 1. The van der Waals surface area contributed by atoms with Gasteiger partial charge in [-0.25, -0.2) is 0 Å². The number of aliphatic hydroxyl groups excluding tert-OH is 1. The van der Waals surface area contributed by atoms with Crippen molar-refractivity contribution >= 4 is 5.91 Å². The molecule has 0 radical (unpaired) electrons. The molecule has 0 fully saturated rings. The van der Waals surface area contributed by atoms with Gasteiger partial charge in [0.1, 0.15) is 13.2 Å². The Balaban J connectivity index is 1.43. The molecule has 0 saturated carbocycles. The molecular weight excluding hydrogens is 608 g/mol. The van der Waals surface area contributed by atoms with Gasteiger partial charge in [0.2, 0.25) is 5.91 Å². The standard InChI is InChI=1S/C43H42N2O4/c44-43(47)36-19-10-18-34(25-36)26-37(24-31-12-4-1-5-13-31)42(38(28-46)39-20-11-23-45-39)35-21-22-40(48-29-32-14-6-2-7-15-32)41(27-35)49-30-33-16-8-3-9-17-33/h1-23,25,27,37-38,42,45-46H,24,26,28-30H2,(H2,44,47). The summed E-state index contributed by atoms with van der Waals surface area (Å²) in [6.45, 7) is 0.716. The van der Waals surface area contributed by atoms with Crippen molar-refractivity contribution in [1.82, 2.24) is 4.98 Å². The van der Waals surface area contributed by atoms with Gasteiger partial charge >= 0.3 is 0 Å². The van der Waals surface area contributed by atoms with Crippen molar-refractivity contribution in [2.45, 2.75) is 37.9 Å². The van der Waals surface area contributed by atoms with Gasteiger partial charge in [-0.2, -0.15) is 0 Å². The molecule has 0 bridgehead atoms. The van der Waals surface area contributed by atoms with Crippen LogP contribution in [0.2, 0.25) is 0 Å². The Morgan fingerprint density at radius 3 is 1.82 bits per heavy atom. The maximum atomic E-state index is 12.1. The van der Waals surface area contributed by atoms with E-state index < -0.39 is 5.91 Å². The smallest absolute Gasteiger partial charge is 0.248 e. The van der Waals surface area contributed by atoms with Gasteiger partial charge in [-0.3, -0.25) is 4.79 Å². The van der Waals surface area contributed by atoms with Gasteiger partial charge in [0.25, 0.3) is 0 Å². The van der Waals surface area contributed by atoms with Crippen LogP contribution in [-0.4, -0.2) is 22.6 Å². The van der Waals surface area contributed by atoms with E-state index in [2.05, 4.69) is 41.4 Å². The van der Waals surface area contributed by atoms with Gasteiger partial charge in [-0.05, 0) is 88.9 Å². The Morgan fingerprint density at radius 2 is 1.22 bits per heavy atom. The average molecular weight is 651 g/mol. The van der Waals surface area contributed by atoms with Crippen LogP contribution in [0, 0.1) is 5.92 Å². The van der Waals surface area contributed by atoms with E-state index in [0.29, 0.717) is 36.7 Å². The molecule has 1 amide bonds. The summed E-state index contributed by atoms with van der Waals surface area (Å²) < 4.78 is 12.9. The van der Waals surface area contributed by atoms with Crippen LogP contribution in [-0.2, 0) is 26.1 Å². The van der Waals surface area contributed by atoms with Crippen LogP contribution in [0.3, 0.4) is 0 Å². The second kappa shape index (κ2) is 16.5. The third kappa shape index (κ3) is 8.86. The molecule has 49 heavy (non-hydrogen) atoms. The van der Waals surface area contributed by atoms with Crippen molar-refractivity contribution in [3.63, 3.8) is 0 Å². The zero-order valence-electron chi connectivity index (χ0n) is 27.5. The summed E-state index contributed by atoms with van der Waals surface area (Å²) in [7, 11) is 0. The Hall–Kier alpha value is -5.59. The number of amides is 1. The monoisotopic (exact) mass is 650 g/mol. The molecule has 0 aliphatic rings. The normalized spacial score (nSPS) is 12.9. The second-order valence-corrected chi connectivity index (χ2v) is 12.4. The number of nitrogens with one attached hydrogen (secondary N) is 1. The second-order valence-electron chi connectivity index (χ2n) is 12.4. The largest absolute Gasteiger partial charge is 0.485 e. The summed E-state index contributed by atoms with van der Waals surface area (Å²) in [5.41, 5.74) is 12.4. The predicted octanol–water partition coefficient (Wildman–Crippen LogP) is 8.23. The SMILES string of the molecule is NC(=O)c1cccc(CC(Cc2ccccc2)C(c2ccc(OCc3ccccc3)c(OCc3ccccc3)c2)C(CO)c2ccc[nH]2)c1. The summed E-state index contributed by atoms with van der Waals surface area (Å²) in [5, 5.41) is 11.1. The lowest BCUT2D eigenvalue weighted by atomic mass is 9.71. The Labute approximate surface area is 288 Å². The fourth-order valence-corrected chi connectivity index (χ4v) is 6.65. The minimum atomic E-state index is -0.455. The molecule has 1 heterocycles. The van der Waals surface area contributed by atoms with Gasteiger partial charge in [-0.1, -0.05) is 109 Å². The number of benzene rings is 5. The molecule has 0 saturated heterocycles. The molecule has 0 spiro atoms. The zero-order chi connectivity index (χ0) is 33.8. The fourth-order valence-electron chi connectivity index (χ4n) is 6.65. The third-order valence-electron chi connectivity index (χ3n) is 9.04. The molecule has 1 aromatic heterocycles. The lowest BCUT2D eigenvalue weighted by Gasteiger charge is -2.34. The molecule has 6 nitrogen and oxygen atoms in total. The van der Waals surface area contributed by atoms with E-state index in [1.165, 1.54) is 5.56 Å². The van der Waals surface area contributed by atoms with Crippen molar-refractivity contribution in [2.24, 2.45) is 11.7 Å². The van der Waals surface area contributed by atoms with Crippen molar-refractivity contribution < 1.29 is 19.4 Å². The Kier molecular flexibility index (Phi) is 11.2. The number of carbonyl (C=O) groups excluding carboxylic acids is 1. The number of nitrogens with two attached hydrogens (primary N) is 1. The molecule has 6 heteroatoms. The first kappa shape index (κ1) is 33.3. The molecule has 248 valence electrons. The highest BCUT2D eigenvalue weighted by Gasteiger charge is 2.33. The molecule has 6 aromatic rings. The van der Waals surface area contributed by atoms with E-state index in [1.807, 2.05) is 109 Å². The number of aromatic amines is 1. The van der Waals surface area contributed by atoms with Gasteiger partial charge in [0.05, 0.1) is 6.61 Å². The molecule has 3 atom stereocenters. The lowest BCUT2D eigenvalue weighted by molar-refractivity contribution is 0.1000. The molecule has 3 unspecified atom stereocenters.